The fourth-order valence-corrected chi connectivity index (χ4v) is 1.86. The first-order valence-electron chi connectivity index (χ1n) is 6.51. The third-order valence-corrected chi connectivity index (χ3v) is 2.88. The first-order valence-corrected chi connectivity index (χ1v) is 6.51. The van der Waals surface area contributed by atoms with Gasteiger partial charge >= 0.3 is 0 Å². The molecule has 2 aromatic rings. The summed E-state index contributed by atoms with van der Waals surface area (Å²) in [7, 11) is 0. The van der Waals surface area contributed by atoms with E-state index in [1.54, 1.807) is 12.4 Å². The molecule has 0 atom stereocenters. The van der Waals surface area contributed by atoms with Crippen LogP contribution in [-0.2, 0) is 6.42 Å². The van der Waals surface area contributed by atoms with E-state index >= 15 is 0 Å². The molecule has 0 aliphatic rings. The molecule has 0 amide bonds. The number of pyridine rings is 1. The number of rotatable bonds is 4. The molecule has 3 heteroatoms. The van der Waals surface area contributed by atoms with Gasteiger partial charge in [0, 0.05) is 24.4 Å². The summed E-state index contributed by atoms with van der Waals surface area (Å²) in [6.45, 7) is 2.50. The minimum absolute atomic E-state index is 0.122. The van der Waals surface area contributed by atoms with Crippen LogP contribution in [0, 0.1) is 18.8 Å². The van der Waals surface area contributed by atoms with E-state index in [9.17, 15) is 0 Å². The Kier molecular flexibility index (Phi) is 5.16. The zero-order valence-corrected chi connectivity index (χ0v) is 11.5. The van der Waals surface area contributed by atoms with Crippen molar-refractivity contribution < 1.29 is 9.84 Å². The van der Waals surface area contributed by atoms with Gasteiger partial charge in [0.1, 0.15) is 12.4 Å². The van der Waals surface area contributed by atoms with Crippen molar-refractivity contribution in [3.63, 3.8) is 0 Å². The fourth-order valence-electron chi connectivity index (χ4n) is 1.86. The predicted molar refractivity (Wildman–Crippen MR) is 78.6 cm³/mol. The summed E-state index contributed by atoms with van der Waals surface area (Å²) in [6.07, 6.45) is 4.43. The van der Waals surface area contributed by atoms with Crippen LogP contribution < -0.4 is 4.74 Å². The van der Waals surface area contributed by atoms with Crippen LogP contribution in [0.3, 0.4) is 0 Å². The Balaban J connectivity index is 1.93. The second-order valence-electron chi connectivity index (χ2n) is 4.39. The predicted octanol–water partition coefficient (Wildman–Crippen LogP) is 2.36. The lowest BCUT2D eigenvalue weighted by Gasteiger charge is -2.09. The maximum absolute atomic E-state index is 8.67. The van der Waals surface area contributed by atoms with E-state index in [2.05, 4.69) is 16.8 Å². The standard InChI is InChI=1S/C17H17NO2/c1-14-13-16(3-2-11-19)4-5-17(14)20-12-8-15-6-9-18-10-7-15/h4-7,9-10,13,19H,8,11-12H2,1H3. The molecule has 0 saturated heterocycles. The molecule has 0 saturated carbocycles. The number of ether oxygens (including phenoxy) is 1. The molecule has 0 spiro atoms. The van der Waals surface area contributed by atoms with E-state index in [1.807, 2.05) is 37.3 Å². The summed E-state index contributed by atoms with van der Waals surface area (Å²) in [6, 6.07) is 9.76. The third kappa shape index (κ3) is 4.11. The SMILES string of the molecule is Cc1cc(C#CCO)ccc1OCCc1ccncc1. The maximum atomic E-state index is 8.67. The van der Waals surface area contributed by atoms with Gasteiger partial charge in [-0.15, -0.1) is 0 Å². The molecule has 0 aliphatic heterocycles. The summed E-state index contributed by atoms with van der Waals surface area (Å²) in [5, 5.41) is 8.67. The van der Waals surface area contributed by atoms with Crippen LogP contribution in [0.1, 0.15) is 16.7 Å². The zero-order valence-electron chi connectivity index (χ0n) is 11.5. The lowest BCUT2D eigenvalue weighted by atomic mass is 10.1. The maximum Gasteiger partial charge on any atom is 0.122 e. The van der Waals surface area contributed by atoms with Crippen LogP contribution in [0.4, 0.5) is 0 Å². The Morgan fingerprint density at radius 2 is 2.00 bits per heavy atom. The Bertz CT molecular complexity index is 612. The molecule has 20 heavy (non-hydrogen) atoms. The molecular weight excluding hydrogens is 250 g/mol. The van der Waals surface area contributed by atoms with Gasteiger partial charge in [-0.05, 0) is 48.4 Å². The van der Waals surface area contributed by atoms with Crippen molar-refractivity contribution in [3.05, 3.63) is 59.4 Å². The zero-order chi connectivity index (χ0) is 14.2. The Morgan fingerprint density at radius 1 is 1.20 bits per heavy atom. The summed E-state index contributed by atoms with van der Waals surface area (Å²) in [5.74, 6) is 6.39. The smallest absolute Gasteiger partial charge is 0.122 e. The van der Waals surface area contributed by atoms with Crippen LogP contribution in [0.15, 0.2) is 42.7 Å². The van der Waals surface area contributed by atoms with Crippen molar-refractivity contribution in [2.24, 2.45) is 0 Å². The van der Waals surface area contributed by atoms with E-state index in [0.717, 1.165) is 23.3 Å². The van der Waals surface area contributed by atoms with Crippen molar-refractivity contribution in [2.45, 2.75) is 13.3 Å². The highest BCUT2D eigenvalue weighted by molar-refractivity contribution is 5.43. The van der Waals surface area contributed by atoms with Crippen LogP contribution in [0.25, 0.3) is 0 Å². The number of benzene rings is 1. The number of hydrogen-bond donors (Lipinski definition) is 1. The molecule has 3 nitrogen and oxygen atoms in total. The lowest BCUT2D eigenvalue weighted by Crippen LogP contribution is -2.02. The molecule has 1 heterocycles. The largest absolute Gasteiger partial charge is 0.493 e. The van der Waals surface area contributed by atoms with Crippen molar-refractivity contribution >= 4 is 0 Å². The molecule has 1 aromatic carbocycles. The van der Waals surface area contributed by atoms with E-state index < -0.39 is 0 Å². The summed E-state index contributed by atoms with van der Waals surface area (Å²) in [4.78, 5) is 3.99. The molecule has 1 aromatic heterocycles. The lowest BCUT2D eigenvalue weighted by molar-refractivity contribution is 0.320. The van der Waals surface area contributed by atoms with Gasteiger partial charge in [0.15, 0.2) is 0 Å². The van der Waals surface area contributed by atoms with Crippen molar-refractivity contribution in [1.82, 2.24) is 4.98 Å². The number of hydrogen-bond acceptors (Lipinski definition) is 3. The molecule has 1 N–H and O–H groups in total. The first kappa shape index (κ1) is 14.1. The van der Waals surface area contributed by atoms with Gasteiger partial charge in [0.25, 0.3) is 0 Å². The Hall–Kier alpha value is -2.31. The van der Waals surface area contributed by atoms with Gasteiger partial charge in [0.05, 0.1) is 6.61 Å². The Morgan fingerprint density at radius 3 is 2.70 bits per heavy atom. The number of aliphatic hydroxyl groups excluding tert-OH is 1. The summed E-state index contributed by atoms with van der Waals surface area (Å²) >= 11 is 0. The molecule has 0 fully saturated rings. The van der Waals surface area contributed by atoms with Gasteiger partial charge < -0.3 is 9.84 Å². The highest BCUT2D eigenvalue weighted by atomic mass is 16.5. The van der Waals surface area contributed by atoms with Crippen LogP contribution >= 0.6 is 0 Å². The molecule has 2 rings (SSSR count). The van der Waals surface area contributed by atoms with Gasteiger partial charge in [0.2, 0.25) is 0 Å². The Labute approximate surface area is 119 Å². The summed E-state index contributed by atoms with van der Waals surface area (Å²) < 4.78 is 5.78. The highest BCUT2D eigenvalue weighted by Gasteiger charge is 2.00. The van der Waals surface area contributed by atoms with Gasteiger partial charge in [-0.3, -0.25) is 4.98 Å². The van der Waals surface area contributed by atoms with Crippen molar-refractivity contribution in [1.29, 1.82) is 0 Å². The molecule has 0 unspecified atom stereocenters. The normalized spacial score (nSPS) is 9.70. The van der Waals surface area contributed by atoms with Crippen LogP contribution in [0.2, 0.25) is 0 Å². The van der Waals surface area contributed by atoms with E-state index in [0.29, 0.717) is 6.61 Å². The molecular formula is C17H17NO2. The van der Waals surface area contributed by atoms with Crippen molar-refractivity contribution in [3.8, 4) is 17.6 Å². The van der Waals surface area contributed by atoms with Gasteiger partial charge in [-0.25, -0.2) is 0 Å². The third-order valence-electron chi connectivity index (χ3n) is 2.88. The fraction of sp³-hybridized carbons (Fsp3) is 0.235. The van der Waals surface area contributed by atoms with Crippen LogP contribution in [-0.4, -0.2) is 23.3 Å². The topological polar surface area (TPSA) is 42.4 Å². The number of aryl methyl sites for hydroxylation is 1. The van der Waals surface area contributed by atoms with E-state index in [-0.39, 0.29) is 6.61 Å². The minimum Gasteiger partial charge on any atom is -0.493 e. The second-order valence-corrected chi connectivity index (χ2v) is 4.39. The highest BCUT2D eigenvalue weighted by Crippen LogP contribution is 2.19. The first-order chi connectivity index (χ1) is 9.79. The molecule has 102 valence electrons. The van der Waals surface area contributed by atoms with Crippen LogP contribution in [0.5, 0.6) is 5.75 Å². The molecule has 0 bridgehead atoms. The second kappa shape index (κ2) is 7.32. The van der Waals surface area contributed by atoms with Gasteiger partial charge in [-0.2, -0.15) is 0 Å². The minimum atomic E-state index is -0.122. The molecule has 0 radical (unpaired) electrons. The van der Waals surface area contributed by atoms with Crippen molar-refractivity contribution in [2.75, 3.05) is 13.2 Å². The summed E-state index contributed by atoms with van der Waals surface area (Å²) in [5.41, 5.74) is 3.14. The monoisotopic (exact) mass is 267 g/mol. The van der Waals surface area contributed by atoms with Gasteiger partial charge in [-0.1, -0.05) is 11.8 Å². The number of nitrogens with zero attached hydrogens (tertiary/aromatic N) is 1. The van der Waals surface area contributed by atoms with E-state index in [4.69, 9.17) is 9.84 Å². The molecule has 0 aliphatic carbocycles. The number of aromatic nitrogens is 1. The quantitative estimate of drug-likeness (QED) is 0.865. The van der Waals surface area contributed by atoms with E-state index in [1.165, 1.54) is 5.56 Å². The average molecular weight is 267 g/mol. The number of aliphatic hydroxyl groups is 1. The average Bonchev–Trinajstić information content (AvgIpc) is 2.48.